The van der Waals surface area contributed by atoms with Crippen LogP contribution in [0.1, 0.15) is 42.9 Å². The zero-order valence-corrected chi connectivity index (χ0v) is 16.2. The minimum Gasteiger partial charge on any atom is -0.439 e. The van der Waals surface area contributed by atoms with Crippen LogP contribution in [0.5, 0.6) is 11.6 Å². The molecular formula is C23H22FNO4. The van der Waals surface area contributed by atoms with Crippen molar-refractivity contribution in [2.75, 3.05) is 6.61 Å². The molecule has 1 fully saturated rings. The fraction of sp³-hybridized carbons (Fsp3) is 0.261. The van der Waals surface area contributed by atoms with Crippen LogP contribution in [-0.2, 0) is 15.1 Å². The summed E-state index contributed by atoms with van der Waals surface area (Å²) < 4.78 is 30.9. The van der Waals surface area contributed by atoms with Crippen molar-refractivity contribution >= 4 is 0 Å². The first-order valence-electron chi connectivity index (χ1n) is 9.38. The Balaban J connectivity index is 1.50. The predicted molar refractivity (Wildman–Crippen MR) is 105 cm³/mol. The lowest BCUT2D eigenvalue weighted by Crippen LogP contribution is -2.15. The zero-order valence-electron chi connectivity index (χ0n) is 16.2. The topological polar surface area (TPSA) is 60.8 Å². The summed E-state index contributed by atoms with van der Waals surface area (Å²) in [6.45, 7) is 3.88. The number of aromatic nitrogens is 1. The van der Waals surface area contributed by atoms with Gasteiger partial charge in [-0.2, -0.15) is 0 Å². The van der Waals surface area contributed by atoms with E-state index in [-0.39, 0.29) is 11.9 Å². The van der Waals surface area contributed by atoms with Crippen LogP contribution in [0.15, 0.2) is 66.9 Å². The van der Waals surface area contributed by atoms with Crippen LogP contribution in [-0.4, -0.2) is 16.7 Å². The Morgan fingerprint density at radius 1 is 1.07 bits per heavy atom. The highest BCUT2D eigenvalue weighted by molar-refractivity contribution is 5.34. The summed E-state index contributed by atoms with van der Waals surface area (Å²) in [5.74, 6) is 0.490. The summed E-state index contributed by atoms with van der Waals surface area (Å²) in [5, 5.41) is 10.1. The largest absolute Gasteiger partial charge is 0.439 e. The number of pyridine rings is 1. The summed E-state index contributed by atoms with van der Waals surface area (Å²) in [4.78, 5) is 4.27. The number of hydrogen-bond donors (Lipinski definition) is 1. The summed E-state index contributed by atoms with van der Waals surface area (Å²) in [5.41, 5.74) is 1.56. The Hall–Kier alpha value is -2.80. The van der Waals surface area contributed by atoms with E-state index in [0.717, 1.165) is 11.1 Å². The van der Waals surface area contributed by atoms with E-state index in [9.17, 15) is 9.50 Å². The Kier molecular flexibility index (Phi) is 5.32. The van der Waals surface area contributed by atoms with Gasteiger partial charge in [-0.25, -0.2) is 9.37 Å². The van der Waals surface area contributed by atoms with Gasteiger partial charge >= 0.3 is 0 Å². The predicted octanol–water partition coefficient (Wildman–Crippen LogP) is 5.03. The van der Waals surface area contributed by atoms with Gasteiger partial charge in [-0.15, -0.1) is 0 Å². The first kappa shape index (κ1) is 19.5. The molecule has 0 radical (unpaired) electrons. The smallest absolute Gasteiger partial charge is 0.227 e. The number of hydrogen-bond acceptors (Lipinski definition) is 5. The molecule has 2 heterocycles. The molecular weight excluding hydrogens is 373 g/mol. The van der Waals surface area contributed by atoms with Gasteiger partial charge < -0.3 is 19.3 Å². The quantitative estimate of drug-likeness (QED) is 0.657. The van der Waals surface area contributed by atoms with Crippen LogP contribution in [0, 0.1) is 5.82 Å². The van der Waals surface area contributed by atoms with Crippen molar-refractivity contribution in [1.82, 2.24) is 4.98 Å². The fourth-order valence-electron chi connectivity index (χ4n) is 3.13. The van der Waals surface area contributed by atoms with Gasteiger partial charge in [0, 0.05) is 6.20 Å². The molecule has 2 aromatic carbocycles. The lowest BCUT2D eigenvalue weighted by Gasteiger charge is -2.19. The van der Waals surface area contributed by atoms with Crippen molar-refractivity contribution in [3.63, 3.8) is 0 Å². The lowest BCUT2D eigenvalue weighted by atomic mass is 9.96. The normalized spacial score (nSPS) is 19.3. The number of benzene rings is 2. The molecule has 2 atom stereocenters. The molecule has 1 saturated heterocycles. The number of halogens is 1. The summed E-state index contributed by atoms with van der Waals surface area (Å²) >= 11 is 0. The van der Waals surface area contributed by atoms with Crippen molar-refractivity contribution in [3.05, 3.63) is 89.4 Å². The van der Waals surface area contributed by atoms with Crippen LogP contribution < -0.4 is 4.74 Å². The summed E-state index contributed by atoms with van der Waals surface area (Å²) in [7, 11) is 0. The molecule has 0 bridgehead atoms. The van der Waals surface area contributed by atoms with Crippen LogP contribution in [0.25, 0.3) is 0 Å². The van der Waals surface area contributed by atoms with Crippen LogP contribution >= 0.6 is 0 Å². The minimum atomic E-state index is -0.892. The molecule has 6 heteroatoms. The molecule has 4 rings (SSSR count). The first-order valence-corrected chi connectivity index (χ1v) is 9.38. The van der Waals surface area contributed by atoms with Crippen molar-refractivity contribution in [1.29, 1.82) is 0 Å². The summed E-state index contributed by atoms with van der Waals surface area (Å²) in [6.07, 6.45) is 0.747. The van der Waals surface area contributed by atoms with E-state index in [1.54, 1.807) is 26.1 Å². The third kappa shape index (κ3) is 4.45. The number of nitrogens with zero attached hydrogens (tertiary/aromatic N) is 1. The van der Waals surface area contributed by atoms with Crippen LogP contribution in [0.4, 0.5) is 4.39 Å². The number of rotatable bonds is 5. The molecule has 0 saturated carbocycles. The van der Waals surface area contributed by atoms with E-state index in [2.05, 4.69) is 4.98 Å². The molecule has 1 aliphatic heterocycles. The third-order valence-electron chi connectivity index (χ3n) is 4.76. The standard InChI is InChI=1S/C23H22FNO4/c1-23(2,26)16-7-5-15(6-8-16)20-14-27-22(29-20)19-4-3-13-25-21(19)28-18-11-9-17(24)10-12-18/h3-13,20,22,26H,14H2,1-2H3/t20?,22-/m0/s1. The molecule has 1 aromatic heterocycles. The monoisotopic (exact) mass is 395 g/mol. The van der Waals surface area contributed by atoms with Gasteiger partial charge in [0.25, 0.3) is 0 Å². The Morgan fingerprint density at radius 2 is 1.79 bits per heavy atom. The first-order chi connectivity index (χ1) is 13.9. The molecule has 1 aliphatic rings. The maximum absolute atomic E-state index is 13.1. The SMILES string of the molecule is CC(C)(O)c1ccc(C2CO[C@H](c3cccnc3Oc3ccc(F)cc3)O2)cc1. The highest BCUT2D eigenvalue weighted by Crippen LogP contribution is 2.39. The minimum absolute atomic E-state index is 0.241. The lowest BCUT2D eigenvalue weighted by molar-refractivity contribution is -0.0621. The van der Waals surface area contributed by atoms with Crippen LogP contribution in [0.3, 0.4) is 0 Å². The van der Waals surface area contributed by atoms with Gasteiger partial charge in [0.05, 0.1) is 17.8 Å². The molecule has 3 aromatic rings. The van der Waals surface area contributed by atoms with E-state index in [1.807, 2.05) is 30.3 Å². The Labute approximate surface area is 168 Å². The Bertz CT molecular complexity index is 967. The van der Waals surface area contributed by atoms with Crippen molar-refractivity contribution < 1.29 is 23.7 Å². The number of aliphatic hydroxyl groups is 1. The molecule has 5 nitrogen and oxygen atoms in total. The fourth-order valence-corrected chi connectivity index (χ4v) is 3.13. The van der Waals surface area contributed by atoms with E-state index >= 15 is 0 Å². The maximum atomic E-state index is 13.1. The molecule has 0 amide bonds. The van der Waals surface area contributed by atoms with Crippen molar-refractivity contribution in [2.45, 2.75) is 31.8 Å². The van der Waals surface area contributed by atoms with Gasteiger partial charge in [0.2, 0.25) is 5.88 Å². The van der Waals surface area contributed by atoms with Gasteiger partial charge in [-0.1, -0.05) is 24.3 Å². The third-order valence-corrected chi connectivity index (χ3v) is 4.76. The van der Waals surface area contributed by atoms with Crippen LogP contribution in [0.2, 0.25) is 0 Å². The molecule has 150 valence electrons. The molecule has 0 aliphatic carbocycles. The molecule has 1 unspecified atom stereocenters. The van der Waals surface area contributed by atoms with E-state index in [4.69, 9.17) is 14.2 Å². The average molecular weight is 395 g/mol. The molecule has 1 N–H and O–H groups in total. The van der Waals surface area contributed by atoms with Gasteiger partial charge in [0.1, 0.15) is 17.7 Å². The molecule has 29 heavy (non-hydrogen) atoms. The van der Waals surface area contributed by atoms with Gasteiger partial charge in [-0.05, 0) is 61.4 Å². The second kappa shape index (κ2) is 7.91. The highest BCUT2D eigenvalue weighted by atomic mass is 19.1. The Morgan fingerprint density at radius 3 is 2.48 bits per heavy atom. The second-order valence-corrected chi connectivity index (χ2v) is 7.42. The second-order valence-electron chi connectivity index (χ2n) is 7.42. The van der Waals surface area contributed by atoms with Crippen molar-refractivity contribution in [2.24, 2.45) is 0 Å². The number of ether oxygens (including phenoxy) is 3. The molecule has 0 spiro atoms. The van der Waals surface area contributed by atoms with E-state index < -0.39 is 11.9 Å². The van der Waals surface area contributed by atoms with Crippen molar-refractivity contribution in [3.8, 4) is 11.6 Å². The highest BCUT2D eigenvalue weighted by Gasteiger charge is 2.31. The van der Waals surface area contributed by atoms with E-state index in [1.165, 1.54) is 24.3 Å². The van der Waals surface area contributed by atoms with Gasteiger partial charge in [-0.3, -0.25) is 0 Å². The maximum Gasteiger partial charge on any atom is 0.227 e. The zero-order chi connectivity index (χ0) is 20.4. The average Bonchev–Trinajstić information content (AvgIpc) is 3.20. The summed E-state index contributed by atoms with van der Waals surface area (Å²) in [6, 6.07) is 17.0. The van der Waals surface area contributed by atoms with Gasteiger partial charge in [0.15, 0.2) is 6.29 Å². The van der Waals surface area contributed by atoms with E-state index in [0.29, 0.717) is 23.8 Å².